The van der Waals surface area contributed by atoms with Gasteiger partial charge in [0.15, 0.2) is 23.9 Å². The molecular formula is C47H36F4N4O4S2. The molecule has 6 unspecified atom stereocenters. The van der Waals surface area contributed by atoms with Crippen molar-refractivity contribution < 1.29 is 36.7 Å². The predicted molar refractivity (Wildman–Crippen MR) is 230 cm³/mol. The van der Waals surface area contributed by atoms with E-state index in [1.54, 1.807) is 86.3 Å². The molecule has 2 fully saturated rings. The van der Waals surface area contributed by atoms with Crippen molar-refractivity contribution in [2.75, 3.05) is 24.0 Å². The largest absolute Gasteiger partial charge is 0.496 e. The van der Waals surface area contributed by atoms with Gasteiger partial charge in [-0.05, 0) is 126 Å². The Labute approximate surface area is 357 Å². The van der Waals surface area contributed by atoms with Gasteiger partial charge in [-0.25, -0.2) is 17.6 Å². The first kappa shape index (κ1) is 39.0. The highest BCUT2D eigenvalue weighted by Crippen LogP contribution is 2.56. The summed E-state index contributed by atoms with van der Waals surface area (Å²) in [6.45, 7) is 0. The first-order valence-electron chi connectivity index (χ1n) is 19.5. The molecule has 4 heterocycles. The van der Waals surface area contributed by atoms with E-state index in [4.69, 9.17) is 19.1 Å². The third-order valence-corrected chi connectivity index (χ3v) is 14.2. The molecule has 6 atom stereocenters. The number of ether oxygens (including phenoxy) is 2. The van der Waals surface area contributed by atoms with Crippen LogP contribution < -0.4 is 19.3 Å². The van der Waals surface area contributed by atoms with Crippen LogP contribution in [0.5, 0.6) is 11.5 Å². The molecule has 14 heteroatoms. The van der Waals surface area contributed by atoms with Crippen molar-refractivity contribution in [1.29, 1.82) is 0 Å². The number of anilines is 2. The summed E-state index contributed by atoms with van der Waals surface area (Å²) in [6.07, 6.45) is -0.384. The third kappa shape index (κ3) is 7.20. The highest BCUT2D eigenvalue weighted by molar-refractivity contribution is 8.01. The van der Waals surface area contributed by atoms with E-state index in [0.29, 0.717) is 29.6 Å². The molecule has 0 N–H and O–H groups in total. The van der Waals surface area contributed by atoms with Crippen LogP contribution in [0.3, 0.4) is 0 Å². The molecule has 0 bridgehead atoms. The minimum Gasteiger partial charge on any atom is -0.496 e. The van der Waals surface area contributed by atoms with Crippen molar-refractivity contribution in [2.24, 2.45) is 10.3 Å². The van der Waals surface area contributed by atoms with E-state index in [1.807, 2.05) is 24.3 Å². The standard InChI is InChI=1S/C47H36F4N4O4S2/c1-56-38-21-3-26(24-36(38)46-54(34-17-13-32(50)14-18-34)44-42(60-46)40(58-52-44)28-5-9-30(48)10-6-28)23-27-4-22-39(57-2)37(25-27)47-55(35-19-15-33(51)16-20-35)45-43(61-47)41(59-53-45)29-7-11-31(49)12-8-29/h3-22,24-25,40-43,46-47H,23H2,1-2H3. The van der Waals surface area contributed by atoms with Crippen molar-refractivity contribution in [3.05, 3.63) is 190 Å². The fraction of sp³-hybridized carbons (Fsp3) is 0.191. The SMILES string of the molecule is COc1ccc(Cc2ccc(OC)c(C3SC4C(=NOC4c4ccc(F)cc4)N3c3ccc(F)cc3)c2)cc1C1SC2C(=NOC2c2ccc(F)cc2)N1c1ccc(F)cc1. The first-order valence-corrected chi connectivity index (χ1v) is 21.4. The Morgan fingerprint density at radius 3 is 1.23 bits per heavy atom. The average molecular weight is 861 g/mol. The summed E-state index contributed by atoms with van der Waals surface area (Å²) in [7, 11) is 3.27. The van der Waals surface area contributed by atoms with E-state index in [1.165, 1.54) is 48.5 Å². The quantitative estimate of drug-likeness (QED) is 0.126. The van der Waals surface area contributed by atoms with E-state index in [-0.39, 0.29) is 44.5 Å². The second kappa shape index (κ2) is 16.1. The number of benzene rings is 6. The zero-order valence-corrected chi connectivity index (χ0v) is 34.3. The summed E-state index contributed by atoms with van der Waals surface area (Å²) < 4.78 is 68.3. The van der Waals surface area contributed by atoms with Gasteiger partial charge in [-0.2, -0.15) is 0 Å². The lowest BCUT2D eigenvalue weighted by molar-refractivity contribution is 0.0880. The molecular weight excluding hydrogens is 825 g/mol. The summed E-state index contributed by atoms with van der Waals surface area (Å²) >= 11 is 3.28. The van der Waals surface area contributed by atoms with Gasteiger partial charge < -0.3 is 28.9 Å². The van der Waals surface area contributed by atoms with Crippen molar-refractivity contribution in [1.82, 2.24) is 0 Å². The van der Waals surface area contributed by atoms with E-state index in [0.717, 1.165) is 44.8 Å². The minimum atomic E-state index is -0.466. The van der Waals surface area contributed by atoms with Crippen molar-refractivity contribution in [3.8, 4) is 11.5 Å². The maximum atomic E-state index is 14.2. The fourth-order valence-electron chi connectivity index (χ4n) is 8.32. The van der Waals surface area contributed by atoms with Gasteiger partial charge in [0.25, 0.3) is 0 Å². The number of hydrogen-bond donors (Lipinski definition) is 0. The van der Waals surface area contributed by atoms with E-state index in [2.05, 4.69) is 32.2 Å². The van der Waals surface area contributed by atoms with Gasteiger partial charge in [0.1, 0.15) is 56.0 Å². The van der Waals surface area contributed by atoms with Crippen LogP contribution in [0.15, 0.2) is 144 Å². The van der Waals surface area contributed by atoms with Crippen LogP contribution in [0.25, 0.3) is 0 Å². The van der Waals surface area contributed by atoms with Crippen molar-refractivity contribution >= 4 is 46.6 Å². The van der Waals surface area contributed by atoms with Gasteiger partial charge in [-0.15, -0.1) is 23.5 Å². The topological polar surface area (TPSA) is 68.1 Å². The zero-order chi connectivity index (χ0) is 41.8. The molecule has 10 rings (SSSR count). The molecule has 6 aromatic rings. The van der Waals surface area contributed by atoms with Crippen LogP contribution >= 0.6 is 23.5 Å². The minimum absolute atomic E-state index is 0.247. The number of fused-ring (bicyclic) bond motifs is 2. The van der Waals surface area contributed by atoms with Crippen LogP contribution in [0.1, 0.15) is 56.3 Å². The van der Waals surface area contributed by atoms with E-state index < -0.39 is 12.2 Å². The van der Waals surface area contributed by atoms with Gasteiger partial charge in [0.05, 0.1) is 14.2 Å². The molecule has 0 spiro atoms. The number of rotatable bonds is 10. The number of amidine groups is 2. The molecule has 8 nitrogen and oxygen atoms in total. The highest BCUT2D eigenvalue weighted by Gasteiger charge is 2.51. The lowest BCUT2D eigenvalue weighted by Gasteiger charge is -2.28. The van der Waals surface area contributed by atoms with E-state index in [9.17, 15) is 17.6 Å². The summed E-state index contributed by atoms with van der Waals surface area (Å²) in [5.74, 6) is 1.29. The normalized spacial score (nSPS) is 22.6. The van der Waals surface area contributed by atoms with Crippen molar-refractivity contribution in [3.63, 3.8) is 0 Å². The molecule has 6 aromatic carbocycles. The summed E-state index contributed by atoms with van der Waals surface area (Å²) in [6, 6.07) is 37.3. The second-order valence-electron chi connectivity index (χ2n) is 14.9. The molecule has 2 saturated heterocycles. The molecule has 4 aliphatic heterocycles. The summed E-state index contributed by atoms with van der Waals surface area (Å²) in [4.78, 5) is 16.0. The number of halogens is 4. The van der Waals surface area contributed by atoms with Gasteiger partial charge in [-0.1, -0.05) is 46.7 Å². The smallest absolute Gasteiger partial charge is 0.171 e. The molecule has 0 aromatic heterocycles. The fourth-order valence-corrected chi connectivity index (χ4v) is 11.5. The molecule has 0 saturated carbocycles. The Morgan fingerprint density at radius 1 is 0.508 bits per heavy atom. The Hall–Kier alpha value is -6.12. The lowest BCUT2D eigenvalue weighted by Crippen LogP contribution is -2.30. The zero-order valence-electron chi connectivity index (χ0n) is 32.6. The summed E-state index contributed by atoms with van der Waals surface area (Å²) in [5, 5.41) is 7.93. The number of nitrogens with zero attached hydrogens (tertiary/aromatic N) is 4. The molecule has 308 valence electrons. The van der Waals surface area contributed by atoms with Gasteiger partial charge in [-0.3, -0.25) is 0 Å². The Bertz CT molecular complexity index is 2470. The molecule has 61 heavy (non-hydrogen) atoms. The highest BCUT2D eigenvalue weighted by atomic mass is 32.2. The van der Waals surface area contributed by atoms with Crippen molar-refractivity contribution in [2.45, 2.75) is 39.9 Å². The van der Waals surface area contributed by atoms with Gasteiger partial charge >= 0.3 is 0 Å². The number of hydrogen-bond acceptors (Lipinski definition) is 10. The second-order valence-corrected chi connectivity index (χ2v) is 17.3. The number of methoxy groups -OCH3 is 2. The molecule has 0 radical (unpaired) electrons. The monoisotopic (exact) mass is 860 g/mol. The number of oxime groups is 2. The Kier molecular flexibility index (Phi) is 10.3. The van der Waals surface area contributed by atoms with E-state index >= 15 is 0 Å². The summed E-state index contributed by atoms with van der Waals surface area (Å²) in [5.41, 5.74) is 6.86. The average Bonchev–Trinajstić information content (AvgIpc) is 4.06. The van der Waals surface area contributed by atoms with Gasteiger partial charge in [0, 0.05) is 22.5 Å². The third-order valence-electron chi connectivity index (χ3n) is 11.2. The molecule has 4 aliphatic rings. The van der Waals surface area contributed by atoms with Crippen LogP contribution in [-0.4, -0.2) is 36.4 Å². The maximum absolute atomic E-state index is 14.2. The maximum Gasteiger partial charge on any atom is 0.171 e. The first-order chi connectivity index (χ1) is 29.8. The van der Waals surface area contributed by atoms with Crippen LogP contribution in [-0.2, 0) is 16.1 Å². The Morgan fingerprint density at radius 2 is 0.869 bits per heavy atom. The Balaban J connectivity index is 0.995. The molecule has 0 amide bonds. The van der Waals surface area contributed by atoms with Gasteiger partial charge in [0.2, 0.25) is 0 Å². The van der Waals surface area contributed by atoms with Crippen LogP contribution in [0, 0.1) is 23.3 Å². The van der Waals surface area contributed by atoms with Crippen LogP contribution in [0.4, 0.5) is 28.9 Å². The predicted octanol–water partition coefficient (Wildman–Crippen LogP) is 11.3. The lowest BCUT2D eigenvalue weighted by atomic mass is 9.99. The number of thioether (sulfide) groups is 2. The molecule has 0 aliphatic carbocycles. The van der Waals surface area contributed by atoms with Crippen LogP contribution in [0.2, 0.25) is 0 Å².